The smallest absolute Gasteiger partial charge is 0.311 e. The quantitative estimate of drug-likeness (QED) is 0.260. The van der Waals surface area contributed by atoms with E-state index in [2.05, 4.69) is 37.9 Å². The van der Waals surface area contributed by atoms with E-state index < -0.39 is 21.2 Å². The number of hydrogen-bond donors (Lipinski definition) is 0. The van der Waals surface area contributed by atoms with Crippen molar-refractivity contribution in [3.05, 3.63) is 60.2 Å². The van der Waals surface area contributed by atoms with Gasteiger partial charge in [-0.15, -0.1) is 0 Å². The van der Waals surface area contributed by atoms with Gasteiger partial charge in [0.25, 0.3) is 0 Å². The molecule has 0 heterocycles. The third-order valence-corrected chi connectivity index (χ3v) is 8.64. The van der Waals surface area contributed by atoms with Crippen molar-refractivity contribution in [3.8, 4) is 17.6 Å². The van der Waals surface area contributed by atoms with Crippen LogP contribution in [-0.2, 0) is 9.53 Å². The van der Waals surface area contributed by atoms with E-state index in [-0.39, 0.29) is 16.2 Å². The molecule has 3 rings (SSSR count). The van der Waals surface area contributed by atoms with Crippen LogP contribution in [0.4, 0.5) is 0 Å². The summed E-state index contributed by atoms with van der Waals surface area (Å²) in [6, 6.07) is 18.3. The van der Waals surface area contributed by atoms with Crippen LogP contribution in [0.1, 0.15) is 25.5 Å². The number of carbonyl (C=O) groups excluding carboxylic acids is 1. The number of para-hydroxylation sites is 1. The first-order valence-corrected chi connectivity index (χ1v) is 11.7. The third-order valence-electron chi connectivity index (χ3n) is 5.28. The molecule has 0 N–H and O–H groups in total. The van der Waals surface area contributed by atoms with E-state index >= 15 is 0 Å². The van der Waals surface area contributed by atoms with Crippen LogP contribution < -0.4 is 4.74 Å². The van der Waals surface area contributed by atoms with Crippen LogP contribution in [0.25, 0.3) is 0 Å². The molecule has 0 saturated heterocycles. The molecular formula is C22H19Br2Cl2NO3. The minimum Gasteiger partial charge on any atom is -0.457 e. The van der Waals surface area contributed by atoms with Gasteiger partial charge in [-0.2, -0.15) is 5.26 Å². The Bertz CT molecular complexity index is 957. The molecule has 0 aromatic heterocycles. The van der Waals surface area contributed by atoms with Gasteiger partial charge in [0.05, 0.1) is 10.7 Å². The Kier molecular flexibility index (Phi) is 7.08. The molecule has 1 fully saturated rings. The zero-order chi connectivity index (χ0) is 22.1. The normalized spacial score (nSPS) is 21.8. The average Bonchev–Trinajstić information content (AvgIpc) is 3.27. The van der Waals surface area contributed by atoms with Gasteiger partial charge in [-0.1, -0.05) is 83.3 Å². The first-order valence-electron chi connectivity index (χ1n) is 9.19. The zero-order valence-corrected chi connectivity index (χ0v) is 20.9. The summed E-state index contributed by atoms with van der Waals surface area (Å²) < 4.78 is 10.2. The molecule has 1 aliphatic carbocycles. The van der Waals surface area contributed by atoms with Crippen LogP contribution in [0.15, 0.2) is 54.6 Å². The summed E-state index contributed by atoms with van der Waals surface area (Å²) in [6.45, 7) is 3.89. The number of halogens is 4. The van der Waals surface area contributed by atoms with Gasteiger partial charge in [0.15, 0.2) is 3.24 Å². The maximum absolute atomic E-state index is 12.9. The van der Waals surface area contributed by atoms with Gasteiger partial charge in [-0.3, -0.25) is 4.79 Å². The number of rotatable bonds is 7. The summed E-state index contributed by atoms with van der Waals surface area (Å²) in [6.07, 6.45) is -1.05. The Balaban J connectivity index is 1.72. The fourth-order valence-electron chi connectivity index (χ4n) is 3.60. The number of alkyl halides is 4. The van der Waals surface area contributed by atoms with Crippen LogP contribution in [0.3, 0.4) is 0 Å². The molecule has 4 nitrogen and oxygen atoms in total. The predicted molar refractivity (Wildman–Crippen MR) is 124 cm³/mol. The lowest BCUT2D eigenvalue weighted by Gasteiger charge is -2.20. The van der Waals surface area contributed by atoms with Crippen LogP contribution in [0, 0.1) is 28.6 Å². The highest BCUT2D eigenvalue weighted by atomic mass is 79.9. The van der Waals surface area contributed by atoms with Crippen molar-refractivity contribution >= 4 is 61.0 Å². The lowest BCUT2D eigenvalue weighted by Crippen LogP contribution is -2.24. The summed E-state index contributed by atoms with van der Waals surface area (Å²) in [4.78, 5) is 12.5. The summed E-state index contributed by atoms with van der Waals surface area (Å²) in [5.41, 5.74) is 0.168. The van der Waals surface area contributed by atoms with Gasteiger partial charge in [-0.25, -0.2) is 0 Å². The van der Waals surface area contributed by atoms with E-state index in [1.807, 2.05) is 44.2 Å². The first-order chi connectivity index (χ1) is 14.1. The summed E-state index contributed by atoms with van der Waals surface area (Å²) in [7, 11) is 0. The van der Waals surface area contributed by atoms with Crippen LogP contribution in [0.5, 0.6) is 11.5 Å². The zero-order valence-electron chi connectivity index (χ0n) is 16.2. The molecule has 158 valence electrons. The van der Waals surface area contributed by atoms with Crippen molar-refractivity contribution in [3.63, 3.8) is 0 Å². The van der Waals surface area contributed by atoms with Gasteiger partial charge in [-0.05, 0) is 51.5 Å². The van der Waals surface area contributed by atoms with Gasteiger partial charge in [0, 0.05) is 5.56 Å². The van der Waals surface area contributed by atoms with E-state index in [9.17, 15) is 10.1 Å². The Hall–Kier alpha value is -1.26. The second-order valence-electron chi connectivity index (χ2n) is 7.70. The van der Waals surface area contributed by atoms with Crippen molar-refractivity contribution < 1.29 is 14.3 Å². The average molecular weight is 576 g/mol. The molecule has 0 bridgehead atoms. The van der Waals surface area contributed by atoms with E-state index in [4.69, 9.17) is 32.7 Å². The molecule has 30 heavy (non-hydrogen) atoms. The lowest BCUT2D eigenvalue weighted by molar-refractivity contribution is -0.149. The summed E-state index contributed by atoms with van der Waals surface area (Å²) in [5.74, 6) is 0.183. The third kappa shape index (κ3) is 5.13. The number of nitrogens with zero attached hydrogens (tertiary/aromatic N) is 1. The van der Waals surface area contributed by atoms with Gasteiger partial charge >= 0.3 is 5.97 Å². The first kappa shape index (κ1) is 23.4. The molecule has 2 aromatic rings. The van der Waals surface area contributed by atoms with E-state index in [1.54, 1.807) is 24.3 Å². The molecule has 0 spiro atoms. The van der Waals surface area contributed by atoms with Crippen molar-refractivity contribution in [1.29, 1.82) is 5.26 Å². The van der Waals surface area contributed by atoms with Gasteiger partial charge < -0.3 is 9.47 Å². The van der Waals surface area contributed by atoms with Crippen molar-refractivity contribution in [1.82, 2.24) is 0 Å². The minimum absolute atomic E-state index is 0.147. The highest BCUT2D eigenvalue weighted by molar-refractivity contribution is 9.13. The molecule has 0 aliphatic heterocycles. The maximum Gasteiger partial charge on any atom is 0.311 e. The number of benzene rings is 2. The Labute approximate surface area is 202 Å². The fourth-order valence-corrected chi connectivity index (χ4v) is 5.14. The van der Waals surface area contributed by atoms with Crippen molar-refractivity contribution in [2.75, 3.05) is 0 Å². The molecule has 1 unspecified atom stereocenters. The molecule has 2 aromatic carbocycles. The fraction of sp³-hybridized carbons (Fsp3) is 0.364. The van der Waals surface area contributed by atoms with Crippen LogP contribution >= 0.6 is 55.1 Å². The highest BCUT2D eigenvalue weighted by Gasteiger charge is 2.67. The Morgan fingerprint density at radius 1 is 1.17 bits per heavy atom. The number of ether oxygens (including phenoxy) is 2. The highest BCUT2D eigenvalue weighted by Crippen LogP contribution is 2.65. The number of hydrogen-bond acceptors (Lipinski definition) is 4. The molecule has 1 saturated carbocycles. The predicted octanol–water partition coefficient (Wildman–Crippen LogP) is 7.15. The second-order valence-corrected chi connectivity index (χ2v) is 12.2. The minimum atomic E-state index is -1.22. The SMILES string of the molecule is CC1(C)[C@H](C(=O)O[C@H](C#N)c2cccc(Oc3ccccc3)c2)[C@H]1C(Br)C(Cl)(Cl)Br. The summed E-state index contributed by atoms with van der Waals surface area (Å²) in [5, 5.41) is 9.62. The van der Waals surface area contributed by atoms with Crippen LogP contribution in [0.2, 0.25) is 0 Å². The van der Waals surface area contributed by atoms with Gasteiger partial charge in [0.2, 0.25) is 6.10 Å². The van der Waals surface area contributed by atoms with Crippen molar-refractivity contribution in [2.45, 2.75) is 28.0 Å². The molecular weight excluding hydrogens is 557 g/mol. The lowest BCUT2D eigenvalue weighted by atomic mass is 10.1. The largest absolute Gasteiger partial charge is 0.457 e. The Morgan fingerprint density at radius 3 is 2.40 bits per heavy atom. The molecule has 0 radical (unpaired) electrons. The Morgan fingerprint density at radius 2 is 1.80 bits per heavy atom. The van der Waals surface area contributed by atoms with E-state index in [1.165, 1.54) is 0 Å². The van der Waals surface area contributed by atoms with E-state index in [0.717, 1.165) is 0 Å². The van der Waals surface area contributed by atoms with Gasteiger partial charge in [0.1, 0.15) is 17.6 Å². The van der Waals surface area contributed by atoms with Crippen LogP contribution in [-0.4, -0.2) is 14.0 Å². The van der Waals surface area contributed by atoms with Crippen molar-refractivity contribution in [2.24, 2.45) is 17.3 Å². The number of carbonyl (C=O) groups is 1. The monoisotopic (exact) mass is 573 g/mol. The van der Waals surface area contributed by atoms with E-state index in [0.29, 0.717) is 17.1 Å². The molecule has 8 heteroatoms. The second kappa shape index (κ2) is 9.08. The molecule has 1 aliphatic rings. The number of nitriles is 1. The number of esters is 1. The molecule has 0 amide bonds. The maximum atomic E-state index is 12.9. The topological polar surface area (TPSA) is 59.3 Å². The standard InChI is InChI=1S/C22H19Br2Cl2NO3/c1-21(2)17(19(23)22(24,25)26)18(21)20(28)30-16(12-27)13-7-6-10-15(11-13)29-14-8-4-3-5-9-14/h3-11,16-19H,1-2H3/t16-,17+,18+,19?/m1/s1. The summed E-state index contributed by atoms with van der Waals surface area (Å²) >= 11 is 19.0. The molecule has 4 atom stereocenters.